The summed E-state index contributed by atoms with van der Waals surface area (Å²) in [6.45, 7) is 1.71. The second-order valence-corrected chi connectivity index (χ2v) is 5.82. The Labute approximate surface area is 122 Å². The Morgan fingerprint density at radius 3 is 2.29 bits per heavy atom. The van der Waals surface area contributed by atoms with E-state index in [0.717, 1.165) is 4.90 Å². The maximum absolute atomic E-state index is 11.7. The Morgan fingerprint density at radius 1 is 1.29 bits per heavy atom. The Balaban J connectivity index is 2.62. The zero-order valence-electron chi connectivity index (χ0n) is 11.4. The van der Waals surface area contributed by atoms with Crippen LogP contribution in [0.1, 0.15) is 12.5 Å². The van der Waals surface area contributed by atoms with Gasteiger partial charge in [0.1, 0.15) is 6.54 Å². The van der Waals surface area contributed by atoms with Gasteiger partial charge in [-0.25, -0.2) is 18.4 Å². The van der Waals surface area contributed by atoms with Crippen molar-refractivity contribution in [1.82, 2.24) is 10.2 Å². The summed E-state index contributed by atoms with van der Waals surface area (Å²) in [5, 5.41) is 16.2. The molecule has 116 valence electrons. The van der Waals surface area contributed by atoms with Crippen LogP contribution in [0.5, 0.6) is 0 Å². The first-order valence-corrected chi connectivity index (χ1v) is 7.65. The van der Waals surface area contributed by atoms with Crippen molar-refractivity contribution in [2.24, 2.45) is 5.14 Å². The number of nitrogens with one attached hydrogen (secondary N) is 1. The first-order chi connectivity index (χ1) is 9.74. The summed E-state index contributed by atoms with van der Waals surface area (Å²) < 4.78 is 22.2. The number of likely N-dealkylation sites (N-methyl/N-ethyl adjacent to an activating group) is 1. The molecule has 0 heterocycles. The van der Waals surface area contributed by atoms with Gasteiger partial charge < -0.3 is 15.3 Å². The molecule has 0 aromatic heterocycles. The van der Waals surface area contributed by atoms with Crippen molar-refractivity contribution in [3.8, 4) is 0 Å². The highest BCUT2D eigenvalue weighted by Crippen LogP contribution is 2.08. The highest BCUT2D eigenvalue weighted by atomic mass is 32.2. The van der Waals surface area contributed by atoms with E-state index in [9.17, 15) is 18.0 Å². The molecular weight excluding hydrogens is 298 g/mol. The molecule has 1 aromatic rings. The minimum absolute atomic E-state index is 0.0151. The number of carbonyl (C=O) groups excluding carboxylic acids is 1. The van der Waals surface area contributed by atoms with Crippen molar-refractivity contribution >= 4 is 22.0 Å². The SMILES string of the molecule is CCN(CC(=O)O)C(=O)NCc1ccc(S(N)(=O)=O)cc1. The van der Waals surface area contributed by atoms with Crippen LogP contribution in [0.3, 0.4) is 0 Å². The minimum atomic E-state index is -3.74. The summed E-state index contributed by atoms with van der Waals surface area (Å²) in [4.78, 5) is 23.5. The van der Waals surface area contributed by atoms with E-state index < -0.39 is 22.0 Å². The topological polar surface area (TPSA) is 130 Å². The number of amides is 2. The smallest absolute Gasteiger partial charge is 0.323 e. The van der Waals surface area contributed by atoms with Crippen molar-refractivity contribution in [2.75, 3.05) is 13.1 Å². The molecule has 0 aliphatic carbocycles. The van der Waals surface area contributed by atoms with Crippen LogP contribution in [-0.4, -0.2) is 43.5 Å². The van der Waals surface area contributed by atoms with E-state index in [1.54, 1.807) is 6.92 Å². The second kappa shape index (κ2) is 7.04. The molecule has 1 rings (SSSR count). The van der Waals surface area contributed by atoms with Crippen LogP contribution in [0.4, 0.5) is 4.79 Å². The Hall–Kier alpha value is -2.13. The lowest BCUT2D eigenvalue weighted by Gasteiger charge is -2.19. The van der Waals surface area contributed by atoms with E-state index in [4.69, 9.17) is 10.2 Å². The molecule has 0 aliphatic rings. The fourth-order valence-corrected chi connectivity index (χ4v) is 2.09. The molecule has 8 nitrogen and oxygen atoms in total. The minimum Gasteiger partial charge on any atom is -0.480 e. The number of aliphatic carboxylic acids is 1. The Bertz CT molecular complexity index is 612. The summed E-state index contributed by atoms with van der Waals surface area (Å²) in [7, 11) is -3.74. The highest BCUT2D eigenvalue weighted by molar-refractivity contribution is 7.89. The first-order valence-electron chi connectivity index (χ1n) is 6.10. The van der Waals surface area contributed by atoms with E-state index in [2.05, 4.69) is 5.32 Å². The third kappa shape index (κ3) is 5.40. The largest absolute Gasteiger partial charge is 0.480 e. The van der Waals surface area contributed by atoms with Gasteiger partial charge in [0.15, 0.2) is 0 Å². The van der Waals surface area contributed by atoms with Crippen molar-refractivity contribution in [3.63, 3.8) is 0 Å². The third-order valence-corrected chi connectivity index (χ3v) is 3.62. The number of hydrogen-bond acceptors (Lipinski definition) is 4. The summed E-state index contributed by atoms with van der Waals surface area (Å²) in [6.07, 6.45) is 0. The number of sulfonamides is 1. The molecule has 0 atom stereocenters. The van der Waals surface area contributed by atoms with E-state index in [1.807, 2.05) is 0 Å². The number of hydrogen-bond donors (Lipinski definition) is 3. The fourth-order valence-electron chi connectivity index (χ4n) is 1.58. The first kappa shape index (κ1) is 16.9. The van der Waals surface area contributed by atoms with Crippen LogP contribution >= 0.6 is 0 Å². The Morgan fingerprint density at radius 2 is 1.86 bits per heavy atom. The maximum Gasteiger partial charge on any atom is 0.323 e. The summed E-state index contributed by atoms with van der Waals surface area (Å²) in [5.74, 6) is -1.09. The predicted octanol–water partition coefficient (Wildman–Crippen LogP) is -0.0499. The number of benzene rings is 1. The van der Waals surface area contributed by atoms with E-state index in [0.29, 0.717) is 5.56 Å². The molecule has 2 amide bonds. The van der Waals surface area contributed by atoms with Gasteiger partial charge in [-0.2, -0.15) is 0 Å². The van der Waals surface area contributed by atoms with Gasteiger partial charge in [-0.15, -0.1) is 0 Å². The second-order valence-electron chi connectivity index (χ2n) is 4.26. The van der Waals surface area contributed by atoms with Crippen LogP contribution in [0.2, 0.25) is 0 Å². The van der Waals surface area contributed by atoms with Gasteiger partial charge >= 0.3 is 12.0 Å². The van der Waals surface area contributed by atoms with Gasteiger partial charge in [0, 0.05) is 13.1 Å². The van der Waals surface area contributed by atoms with E-state index >= 15 is 0 Å². The Kier molecular flexibility index (Phi) is 5.68. The number of urea groups is 1. The molecular formula is C12H17N3O5S. The molecule has 0 radical (unpaired) electrons. The molecule has 0 saturated carbocycles. The number of carboxylic acids is 1. The summed E-state index contributed by atoms with van der Waals surface area (Å²) >= 11 is 0. The summed E-state index contributed by atoms with van der Waals surface area (Å²) in [6, 6.07) is 5.22. The number of primary sulfonamides is 1. The lowest BCUT2D eigenvalue weighted by Crippen LogP contribution is -2.42. The molecule has 0 fully saturated rings. The molecule has 4 N–H and O–H groups in total. The average molecular weight is 315 g/mol. The van der Waals surface area contributed by atoms with Crippen molar-refractivity contribution in [2.45, 2.75) is 18.4 Å². The monoisotopic (exact) mass is 315 g/mol. The van der Waals surface area contributed by atoms with Crippen LogP contribution in [0.15, 0.2) is 29.2 Å². The number of nitrogens with two attached hydrogens (primary N) is 1. The highest BCUT2D eigenvalue weighted by Gasteiger charge is 2.14. The van der Waals surface area contributed by atoms with Crippen LogP contribution in [0, 0.1) is 0 Å². The molecule has 0 bridgehead atoms. The predicted molar refractivity (Wildman–Crippen MR) is 74.9 cm³/mol. The van der Waals surface area contributed by atoms with Crippen LogP contribution in [-0.2, 0) is 21.4 Å². The van der Waals surface area contributed by atoms with Crippen molar-refractivity contribution in [3.05, 3.63) is 29.8 Å². The zero-order chi connectivity index (χ0) is 16.0. The summed E-state index contributed by atoms with van der Waals surface area (Å²) in [5.41, 5.74) is 0.669. The average Bonchev–Trinajstić information content (AvgIpc) is 2.41. The quantitative estimate of drug-likeness (QED) is 0.677. The van der Waals surface area contributed by atoms with Crippen molar-refractivity contribution in [1.29, 1.82) is 0 Å². The normalized spacial score (nSPS) is 11.0. The van der Waals surface area contributed by atoms with Gasteiger partial charge in [-0.3, -0.25) is 4.79 Å². The molecule has 0 saturated heterocycles. The molecule has 0 spiro atoms. The number of carboxylic acid groups (broad SMARTS) is 1. The third-order valence-electron chi connectivity index (χ3n) is 2.69. The molecule has 0 aliphatic heterocycles. The molecule has 21 heavy (non-hydrogen) atoms. The molecule has 1 aromatic carbocycles. The van der Waals surface area contributed by atoms with Gasteiger partial charge in [-0.05, 0) is 24.6 Å². The number of rotatable bonds is 6. The zero-order valence-corrected chi connectivity index (χ0v) is 12.3. The molecule has 0 unspecified atom stereocenters. The van der Waals surface area contributed by atoms with Gasteiger partial charge in [0.25, 0.3) is 0 Å². The lowest BCUT2D eigenvalue weighted by atomic mass is 10.2. The maximum atomic E-state index is 11.7. The van der Waals surface area contributed by atoms with Crippen molar-refractivity contribution < 1.29 is 23.1 Å². The number of nitrogens with zero attached hydrogens (tertiary/aromatic N) is 1. The van der Waals surface area contributed by atoms with Gasteiger partial charge in [0.2, 0.25) is 10.0 Å². The molecule has 9 heteroatoms. The van der Waals surface area contributed by atoms with Gasteiger partial charge in [-0.1, -0.05) is 12.1 Å². The lowest BCUT2D eigenvalue weighted by molar-refractivity contribution is -0.137. The van der Waals surface area contributed by atoms with E-state index in [-0.39, 0.29) is 24.5 Å². The van der Waals surface area contributed by atoms with Gasteiger partial charge in [0.05, 0.1) is 4.90 Å². The van der Waals surface area contributed by atoms with Crippen LogP contribution in [0.25, 0.3) is 0 Å². The number of carbonyl (C=O) groups is 2. The van der Waals surface area contributed by atoms with E-state index in [1.165, 1.54) is 24.3 Å². The fraction of sp³-hybridized carbons (Fsp3) is 0.333. The van der Waals surface area contributed by atoms with Crippen LogP contribution < -0.4 is 10.5 Å². The standard InChI is InChI=1S/C12H17N3O5S/c1-2-15(8-11(16)17)12(18)14-7-9-3-5-10(6-4-9)21(13,19)20/h3-6H,2,7-8H2,1H3,(H,14,18)(H,16,17)(H2,13,19,20).